The van der Waals surface area contributed by atoms with E-state index in [9.17, 15) is 0 Å². The second-order valence-corrected chi connectivity index (χ2v) is 7.94. The number of methoxy groups -OCH3 is 1. The number of ether oxygens (including phenoxy) is 2. The van der Waals surface area contributed by atoms with Gasteiger partial charge in [0.15, 0.2) is 11.5 Å². The number of benzene rings is 2. The molecule has 144 valence electrons. The highest BCUT2D eigenvalue weighted by molar-refractivity contribution is 9.13. The van der Waals surface area contributed by atoms with Gasteiger partial charge in [-0.1, -0.05) is 43.0 Å². The van der Waals surface area contributed by atoms with E-state index in [-0.39, 0.29) is 0 Å². The van der Waals surface area contributed by atoms with Crippen LogP contribution in [-0.4, -0.2) is 24.9 Å². The lowest BCUT2D eigenvalue weighted by Crippen LogP contribution is -2.00. The summed E-state index contributed by atoms with van der Waals surface area (Å²) in [6.07, 6.45) is 3.37. The Labute approximate surface area is 184 Å². The van der Waals surface area contributed by atoms with E-state index >= 15 is 0 Å². The van der Waals surface area contributed by atoms with Crippen molar-refractivity contribution in [2.75, 3.05) is 19.1 Å². The highest BCUT2D eigenvalue weighted by atomic mass is 79.9. The summed E-state index contributed by atoms with van der Waals surface area (Å²) in [4.78, 5) is 4.55. The summed E-state index contributed by atoms with van der Waals surface area (Å²) in [5.41, 5.74) is 5.78. The van der Waals surface area contributed by atoms with Gasteiger partial charge in [-0.3, -0.25) is 5.43 Å². The Morgan fingerprint density at radius 3 is 2.75 bits per heavy atom. The fourth-order valence-electron chi connectivity index (χ4n) is 2.35. The Balaban J connectivity index is 1.76. The van der Waals surface area contributed by atoms with E-state index in [0.717, 1.165) is 25.8 Å². The van der Waals surface area contributed by atoms with Gasteiger partial charge in [0, 0.05) is 21.0 Å². The van der Waals surface area contributed by atoms with Crippen LogP contribution in [-0.2, 0) is 0 Å². The zero-order valence-corrected chi connectivity index (χ0v) is 19.0. The van der Waals surface area contributed by atoms with Crippen molar-refractivity contribution in [2.45, 2.75) is 0 Å². The number of halogens is 2. The number of thiazole rings is 1. The lowest BCUT2D eigenvalue weighted by molar-refractivity contribution is 0.324. The Bertz CT molecular complexity index is 991. The highest BCUT2D eigenvalue weighted by Gasteiger charge is 2.16. The van der Waals surface area contributed by atoms with Crippen LogP contribution in [0.4, 0.5) is 5.13 Å². The van der Waals surface area contributed by atoms with Crippen LogP contribution in [0, 0.1) is 0 Å². The molecule has 0 aliphatic rings. The third-order valence-electron chi connectivity index (χ3n) is 3.66. The van der Waals surface area contributed by atoms with Gasteiger partial charge in [0.1, 0.15) is 6.61 Å². The van der Waals surface area contributed by atoms with Crippen molar-refractivity contribution in [1.29, 1.82) is 0 Å². The highest BCUT2D eigenvalue weighted by Crippen LogP contribution is 2.42. The molecule has 0 fully saturated rings. The molecule has 0 saturated heterocycles. The monoisotopic (exact) mass is 521 g/mol. The van der Waals surface area contributed by atoms with Crippen LogP contribution in [0.3, 0.4) is 0 Å². The minimum absolute atomic E-state index is 0.379. The second kappa shape index (κ2) is 9.86. The standard InChI is InChI=1S/C20H17Br2N3O2S/c1-3-9-27-19-16(26-2)10-14(17(21)18(19)22)11-23-25-20-24-15(12-28-20)13-7-5-4-6-8-13/h3-8,10-12H,1,9H2,2H3,(H,24,25). The largest absolute Gasteiger partial charge is 0.493 e. The molecule has 5 nitrogen and oxygen atoms in total. The van der Waals surface area contributed by atoms with Crippen molar-refractivity contribution in [3.05, 3.63) is 68.9 Å². The quantitative estimate of drug-likeness (QED) is 0.212. The number of aromatic nitrogens is 1. The summed E-state index contributed by atoms with van der Waals surface area (Å²) >= 11 is 8.60. The maximum atomic E-state index is 5.67. The van der Waals surface area contributed by atoms with Gasteiger partial charge in [0.05, 0.1) is 23.5 Å². The van der Waals surface area contributed by atoms with E-state index in [1.807, 2.05) is 41.8 Å². The van der Waals surface area contributed by atoms with Gasteiger partial charge < -0.3 is 9.47 Å². The normalized spacial score (nSPS) is 10.8. The van der Waals surface area contributed by atoms with Crippen LogP contribution in [0.15, 0.2) is 68.5 Å². The summed E-state index contributed by atoms with van der Waals surface area (Å²) in [6.45, 7) is 4.04. The lowest BCUT2D eigenvalue weighted by Gasteiger charge is -2.14. The SMILES string of the molecule is C=CCOc1c(OC)cc(C=NNc2nc(-c3ccccc3)cs2)c(Br)c1Br. The molecule has 2 aromatic carbocycles. The molecule has 0 radical (unpaired) electrons. The van der Waals surface area contributed by atoms with E-state index in [1.165, 1.54) is 11.3 Å². The minimum atomic E-state index is 0.379. The summed E-state index contributed by atoms with van der Waals surface area (Å²) in [5.74, 6) is 1.20. The first-order chi connectivity index (χ1) is 13.6. The Kier molecular flexibility index (Phi) is 7.24. The summed E-state index contributed by atoms with van der Waals surface area (Å²) < 4.78 is 12.7. The molecule has 8 heteroatoms. The van der Waals surface area contributed by atoms with Crippen LogP contribution in [0.5, 0.6) is 11.5 Å². The molecule has 3 aromatic rings. The van der Waals surface area contributed by atoms with Crippen molar-refractivity contribution in [1.82, 2.24) is 4.98 Å². The number of hydrazone groups is 1. The first kappa shape index (κ1) is 20.6. The number of anilines is 1. The molecule has 0 amide bonds. The van der Waals surface area contributed by atoms with Gasteiger partial charge in [-0.25, -0.2) is 4.98 Å². The van der Waals surface area contributed by atoms with Crippen molar-refractivity contribution >= 4 is 54.5 Å². The number of hydrogen-bond donors (Lipinski definition) is 1. The molecule has 0 unspecified atom stereocenters. The topological polar surface area (TPSA) is 55.7 Å². The average Bonchev–Trinajstić information content (AvgIpc) is 3.20. The molecular weight excluding hydrogens is 506 g/mol. The first-order valence-corrected chi connectivity index (χ1v) is 10.7. The maximum absolute atomic E-state index is 5.67. The van der Waals surface area contributed by atoms with Crippen molar-refractivity contribution < 1.29 is 9.47 Å². The van der Waals surface area contributed by atoms with E-state index < -0.39 is 0 Å². The van der Waals surface area contributed by atoms with Gasteiger partial charge in [0.25, 0.3) is 0 Å². The van der Waals surface area contributed by atoms with Crippen molar-refractivity contribution in [3.8, 4) is 22.8 Å². The van der Waals surface area contributed by atoms with Gasteiger partial charge >= 0.3 is 0 Å². The van der Waals surface area contributed by atoms with Crippen LogP contribution in [0.25, 0.3) is 11.3 Å². The minimum Gasteiger partial charge on any atom is -0.493 e. The molecule has 0 saturated carbocycles. The van der Waals surface area contributed by atoms with Crippen LogP contribution < -0.4 is 14.9 Å². The van der Waals surface area contributed by atoms with E-state index in [0.29, 0.717) is 23.2 Å². The van der Waals surface area contributed by atoms with Gasteiger partial charge in [-0.05, 0) is 37.9 Å². The maximum Gasteiger partial charge on any atom is 0.203 e. The molecule has 1 heterocycles. The number of rotatable bonds is 8. The van der Waals surface area contributed by atoms with Crippen LogP contribution in [0.2, 0.25) is 0 Å². The molecule has 0 aliphatic heterocycles. The third kappa shape index (κ3) is 4.81. The predicted octanol–water partition coefficient (Wildman–Crippen LogP) is 6.35. The Morgan fingerprint density at radius 2 is 2.04 bits per heavy atom. The van der Waals surface area contributed by atoms with Crippen molar-refractivity contribution in [2.24, 2.45) is 5.10 Å². The van der Waals surface area contributed by atoms with Gasteiger partial charge in [-0.15, -0.1) is 11.3 Å². The summed E-state index contributed by atoms with van der Waals surface area (Å²) in [6, 6.07) is 11.9. The molecule has 0 bridgehead atoms. The van der Waals surface area contributed by atoms with Gasteiger partial charge in [-0.2, -0.15) is 5.10 Å². The third-order valence-corrected chi connectivity index (χ3v) is 6.55. The van der Waals surface area contributed by atoms with Crippen LogP contribution >= 0.6 is 43.2 Å². The summed E-state index contributed by atoms with van der Waals surface area (Å²) in [5, 5.41) is 7.00. The number of nitrogens with one attached hydrogen (secondary N) is 1. The molecule has 28 heavy (non-hydrogen) atoms. The smallest absolute Gasteiger partial charge is 0.203 e. The fraction of sp³-hybridized carbons (Fsp3) is 0.100. The van der Waals surface area contributed by atoms with E-state index in [1.54, 1.807) is 19.4 Å². The number of nitrogens with zero attached hydrogens (tertiary/aromatic N) is 2. The number of hydrogen-bond acceptors (Lipinski definition) is 6. The predicted molar refractivity (Wildman–Crippen MR) is 123 cm³/mol. The zero-order chi connectivity index (χ0) is 19.9. The molecule has 1 aromatic heterocycles. The van der Waals surface area contributed by atoms with E-state index in [4.69, 9.17) is 9.47 Å². The zero-order valence-electron chi connectivity index (χ0n) is 15.0. The first-order valence-electron chi connectivity index (χ1n) is 8.23. The Hall–Kier alpha value is -2.16. The van der Waals surface area contributed by atoms with E-state index in [2.05, 4.69) is 54.0 Å². The molecule has 0 aliphatic carbocycles. The van der Waals surface area contributed by atoms with Crippen molar-refractivity contribution in [3.63, 3.8) is 0 Å². The average molecular weight is 523 g/mol. The van der Waals surface area contributed by atoms with Crippen LogP contribution in [0.1, 0.15) is 5.56 Å². The molecular formula is C20H17Br2N3O2S. The molecule has 0 atom stereocenters. The molecule has 1 N–H and O–H groups in total. The molecule has 3 rings (SSSR count). The summed E-state index contributed by atoms with van der Waals surface area (Å²) in [7, 11) is 1.59. The molecule has 0 spiro atoms. The van der Waals surface area contributed by atoms with Gasteiger partial charge in [0.2, 0.25) is 5.13 Å². The second-order valence-electron chi connectivity index (χ2n) is 5.50. The fourth-order valence-corrected chi connectivity index (χ4v) is 3.95. The lowest BCUT2D eigenvalue weighted by atomic mass is 10.2. The Morgan fingerprint density at radius 1 is 1.25 bits per heavy atom.